The first kappa shape index (κ1) is 21.6. The number of ether oxygens (including phenoxy) is 2. The number of rotatable bonds is 5. The monoisotopic (exact) mass is 444 g/mol. The van der Waals surface area contributed by atoms with Crippen LogP contribution in [0, 0.1) is 6.92 Å². The fourth-order valence-electron chi connectivity index (χ4n) is 4.30. The lowest BCUT2D eigenvalue weighted by Crippen LogP contribution is -2.53. The number of hydrogen-bond donors (Lipinski definition) is 1. The molecular formula is C23H28N2O5S. The van der Waals surface area contributed by atoms with Crippen LogP contribution in [0.4, 0.5) is 5.69 Å². The first-order chi connectivity index (χ1) is 14.8. The minimum atomic E-state index is -3.56. The van der Waals surface area contributed by atoms with Crippen LogP contribution in [0.25, 0.3) is 0 Å². The lowest BCUT2D eigenvalue weighted by molar-refractivity contribution is -0.128. The molecule has 2 aliphatic rings. The van der Waals surface area contributed by atoms with Gasteiger partial charge in [0.1, 0.15) is 5.75 Å². The summed E-state index contributed by atoms with van der Waals surface area (Å²) in [4.78, 5) is 13.1. The molecule has 31 heavy (non-hydrogen) atoms. The van der Waals surface area contributed by atoms with Crippen LogP contribution in [0.1, 0.15) is 24.0 Å². The zero-order valence-corrected chi connectivity index (χ0v) is 18.7. The third-order valence-electron chi connectivity index (χ3n) is 6.11. The van der Waals surface area contributed by atoms with Gasteiger partial charge in [-0.3, -0.25) is 9.10 Å². The molecule has 0 aromatic heterocycles. The van der Waals surface area contributed by atoms with Crippen molar-refractivity contribution in [1.29, 1.82) is 0 Å². The first-order valence-electron chi connectivity index (χ1n) is 10.4. The molecule has 1 unspecified atom stereocenters. The van der Waals surface area contributed by atoms with Crippen LogP contribution in [0.5, 0.6) is 5.75 Å². The fourth-order valence-corrected chi connectivity index (χ4v) is 5.21. The van der Waals surface area contributed by atoms with Gasteiger partial charge < -0.3 is 14.8 Å². The van der Waals surface area contributed by atoms with Crippen molar-refractivity contribution in [3.8, 4) is 5.75 Å². The third-order valence-corrected chi connectivity index (χ3v) is 7.26. The van der Waals surface area contributed by atoms with Gasteiger partial charge in [-0.25, -0.2) is 8.42 Å². The highest BCUT2D eigenvalue weighted by Gasteiger charge is 2.38. The van der Waals surface area contributed by atoms with E-state index in [9.17, 15) is 13.2 Å². The van der Waals surface area contributed by atoms with E-state index in [-0.39, 0.29) is 17.9 Å². The predicted molar refractivity (Wildman–Crippen MR) is 119 cm³/mol. The summed E-state index contributed by atoms with van der Waals surface area (Å²) in [5.74, 6) is 0.0768. The largest absolute Gasteiger partial charge is 0.476 e. The molecule has 2 aliphatic heterocycles. The average molecular weight is 445 g/mol. The number of benzene rings is 2. The molecule has 1 atom stereocenters. The average Bonchev–Trinajstić information content (AvgIpc) is 2.77. The van der Waals surface area contributed by atoms with Crippen LogP contribution in [0.15, 0.2) is 48.5 Å². The van der Waals surface area contributed by atoms with Crippen molar-refractivity contribution < 1.29 is 22.7 Å². The molecule has 166 valence electrons. The Labute approximate surface area is 183 Å². The zero-order chi connectivity index (χ0) is 22.1. The minimum Gasteiger partial charge on any atom is -0.476 e. The van der Waals surface area contributed by atoms with Gasteiger partial charge in [-0.2, -0.15) is 0 Å². The van der Waals surface area contributed by atoms with Gasteiger partial charge in [0.2, 0.25) is 10.0 Å². The van der Waals surface area contributed by atoms with Crippen LogP contribution in [0.2, 0.25) is 0 Å². The van der Waals surface area contributed by atoms with E-state index in [1.807, 2.05) is 31.2 Å². The Morgan fingerprint density at radius 3 is 2.55 bits per heavy atom. The minimum absolute atomic E-state index is 0.0530. The van der Waals surface area contributed by atoms with Crippen LogP contribution in [-0.4, -0.2) is 53.0 Å². The highest BCUT2D eigenvalue weighted by Crippen LogP contribution is 2.37. The van der Waals surface area contributed by atoms with Gasteiger partial charge in [-0.15, -0.1) is 0 Å². The van der Waals surface area contributed by atoms with Gasteiger partial charge >= 0.3 is 0 Å². The van der Waals surface area contributed by atoms with Crippen molar-refractivity contribution in [2.45, 2.75) is 31.3 Å². The molecule has 2 heterocycles. The second-order valence-corrected chi connectivity index (χ2v) is 10.3. The van der Waals surface area contributed by atoms with E-state index in [0.29, 0.717) is 31.2 Å². The number of amides is 1. The Morgan fingerprint density at radius 1 is 1.16 bits per heavy atom. The first-order valence-corrected chi connectivity index (χ1v) is 12.3. The molecule has 0 aliphatic carbocycles. The van der Waals surface area contributed by atoms with Crippen LogP contribution in [-0.2, 0) is 25.0 Å². The molecule has 2 aromatic carbocycles. The van der Waals surface area contributed by atoms with Gasteiger partial charge in [0, 0.05) is 25.2 Å². The normalized spacial score (nSPS) is 20.5. The lowest BCUT2D eigenvalue weighted by atomic mass is 9.74. The molecule has 1 fully saturated rings. The Hall–Kier alpha value is -2.58. The van der Waals surface area contributed by atoms with Gasteiger partial charge in [0.25, 0.3) is 5.91 Å². The molecule has 0 saturated carbocycles. The number of carbonyl (C=O) groups is 1. The number of nitrogens with zero attached hydrogens (tertiary/aromatic N) is 1. The maximum absolute atomic E-state index is 13.1. The maximum atomic E-state index is 13.1. The predicted octanol–water partition coefficient (Wildman–Crippen LogP) is 2.39. The Bertz CT molecular complexity index is 1050. The summed E-state index contributed by atoms with van der Waals surface area (Å²) in [6, 6.07) is 15.5. The third kappa shape index (κ3) is 4.55. The van der Waals surface area contributed by atoms with Crippen molar-refractivity contribution in [3.63, 3.8) is 0 Å². The molecule has 8 heteroatoms. The summed E-state index contributed by atoms with van der Waals surface area (Å²) in [5.41, 5.74) is 2.34. The molecule has 2 aromatic rings. The molecule has 4 rings (SSSR count). The van der Waals surface area contributed by atoms with Crippen LogP contribution < -0.4 is 14.4 Å². The van der Waals surface area contributed by atoms with E-state index in [2.05, 4.69) is 17.4 Å². The van der Waals surface area contributed by atoms with Crippen molar-refractivity contribution in [3.05, 3.63) is 59.7 Å². The van der Waals surface area contributed by atoms with E-state index in [0.717, 1.165) is 24.7 Å². The summed E-state index contributed by atoms with van der Waals surface area (Å²) < 4.78 is 37.5. The summed E-state index contributed by atoms with van der Waals surface area (Å²) >= 11 is 0. The lowest BCUT2D eigenvalue weighted by Gasteiger charge is -2.39. The molecule has 7 nitrogen and oxygen atoms in total. The van der Waals surface area contributed by atoms with Gasteiger partial charge in [0.05, 0.1) is 18.5 Å². The Balaban J connectivity index is 1.53. The number of fused-ring (bicyclic) bond motifs is 1. The van der Waals surface area contributed by atoms with E-state index in [1.54, 1.807) is 12.1 Å². The topological polar surface area (TPSA) is 84.9 Å². The van der Waals surface area contributed by atoms with Crippen molar-refractivity contribution in [2.75, 3.05) is 36.9 Å². The molecule has 1 N–H and O–H groups in total. The summed E-state index contributed by atoms with van der Waals surface area (Å²) in [7, 11) is -3.56. The summed E-state index contributed by atoms with van der Waals surface area (Å²) in [6.07, 6.45) is 1.84. The fraction of sp³-hybridized carbons (Fsp3) is 0.435. The molecule has 1 amide bonds. The van der Waals surface area contributed by atoms with Crippen molar-refractivity contribution in [2.24, 2.45) is 0 Å². The summed E-state index contributed by atoms with van der Waals surface area (Å²) in [6.45, 7) is 3.55. The van der Waals surface area contributed by atoms with Gasteiger partial charge in [-0.1, -0.05) is 36.4 Å². The van der Waals surface area contributed by atoms with Crippen molar-refractivity contribution >= 4 is 21.6 Å². The SMILES string of the molecule is Cc1ccc2c(c1)N(S(C)(=O)=O)CC(C(=O)NCC1(c3ccccc3)CCOCC1)O2. The quantitative estimate of drug-likeness (QED) is 0.766. The number of anilines is 1. The smallest absolute Gasteiger partial charge is 0.263 e. The molecule has 0 spiro atoms. The number of hydrogen-bond acceptors (Lipinski definition) is 5. The second kappa shape index (κ2) is 8.51. The number of nitrogens with one attached hydrogen (secondary N) is 1. The van der Waals surface area contributed by atoms with Crippen LogP contribution >= 0.6 is 0 Å². The molecule has 1 saturated heterocycles. The van der Waals surface area contributed by atoms with Gasteiger partial charge in [-0.05, 0) is 43.0 Å². The van der Waals surface area contributed by atoms with E-state index < -0.39 is 16.1 Å². The maximum Gasteiger partial charge on any atom is 0.263 e. The van der Waals surface area contributed by atoms with E-state index in [4.69, 9.17) is 9.47 Å². The molecule has 0 bridgehead atoms. The number of carbonyl (C=O) groups excluding carboxylic acids is 1. The highest BCUT2D eigenvalue weighted by atomic mass is 32.2. The van der Waals surface area contributed by atoms with Gasteiger partial charge in [0.15, 0.2) is 6.10 Å². The standard InChI is InChI=1S/C23H28N2O5S/c1-17-8-9-20-19(14-17)25(31(2,27)28)15-21(30-20)22(26)24-16-23(10-12-29-13-11-23)18-6-4-3-5-7-18/h3-9,14,21H,10-13,15-16H2,1-2H3,(H,24,26). The Morgan fingerprint density at radius 2 is 1.87 bits per heavy atom. The Kier molecular flexibility index (Phi) is 5.94. The molecular weight excluding hydrogens is 416 g/mol. The number of aryl methyl sites for hydroxylation is 1. The van der Waals surface area contributed by atoms with E-state index >= 15 is 0 Å². The molecule has 0 radical (unpaired) electrons. The number of sulfonamides is 1. The van der Waals surface area contributed by atoms with E-state index in [1.165, 1.54) is 9.87 Å². The van der Waals surface area contributed by atoms with Crippen molar-refractivity contribution in [1.82, 2.24) is 5.32 Å². The summed E-state index contributed by atoms with van der Waals surface area (Å²) in [5, 5.41) is 3.03. The second-order valence-electron chi connectivity index (χ2n) is 8.35. The van der Waals surface area contributed by atoms with Crippen LogP contribution in [0.3, 0.4) is 0 Å². The zero-order valence-electron chi connectivity index (χ0n) is 17.8. The highest BCUT2D eigenvalue weighted by molar-refractivity contribution is 7.92.